The summed E-state index contributed by atoms with van der Waals surface area (Å²) in [4.78, 5) is 21.1. The van der Waals surface area contributed by atoms with Crippen molar-refractivity contribution >= 4 is 55.4 Å². The quantitative estimate of drug-likeness (QED) is 0.517. The lowest BCUT2D eigenvalue weighted by Gasteiger charge is -2.20. The van der Waals surface area contributed by atoms with Gasteiger partial charge in [0.1, 0.15) is 12.4 Å². The fraction of sp³-hybridized carbons (Fsp3) is 0.217. The van der Waals surface area contributed by atoms with E-state index in [4.69, 9.17) is 9.47 Å². The summed E-state index contributed by atoms with van der Waals surface area (Å²) in [6, 6.07) is 11.6. The Hall–Kier alpha value is -2.58. The van der Waals surface area contributed by atoms with E-state index in [0.717, 1.165) is 16.8 Å². The van der Waals surface area contributed by atoms with Crippen LogP contribution >= 0.6 is 31.9 Å². The van der Waals surface area contributed by atoms with E-state index in [1.54, 1.807) is 36.5 Å². The third-order valence-electron chi connectivity index (χ3n) is 4.64. The monoisotopic (exact) mass is 547 g/mol. The zero-order valence-electron chi connectivity index (χ0n) is 17.5. The minimum Gasteiger partial charge on any atom is -0.494 e. The number of allylic oxidation sites excluding steroid dienone is 2. The predicted molar refractivity (Wildman–Crippen MR) is 132 cm³/mol. The van der Waals surface area contributed by atoms with E-state index < -0.39 is 0 Å². The van der Waals surface area contributed by atoms with Gasteiger partial charge in [-0.05, 0) is 67.8 Å². The minimum absolute atomic E-state index is 0.150. The highest BCUT2D eigenvalue weighted by molar-refractivity contribution is 9.11. The topological polar surface area (TPSA) is 54.4 Å². The Bertz CT molecular complexity index is 1030. The lowest BCUT2D eigenvalue weighted by molar-refractivity contribution is 0.0802. The van der Waals surface area contributed by atoms with Crippen molar-refractivity contribution in [2.45, 2.75) is 0 Å². The number of nitrogens with zero attached hydrogens (tertiary/aromatic N) is 3. The first-order valence-corrected chi connectivity index (χ1v) is 11.1. The molecule has 0 fully saturated rings. The van der Waals surface area contributed by atoms with Gasteiger partial charge in [-0.15, -0.1) is 0 Å². The van der Waals surface area contributed by atoms with Crippen molar-refractivity contribution in [3.05, 3.63) is 74.9 Å². The Balaban J connectivity index is 1.93. The molecular weight excluding hydrogens is 526 g/mol. The number of rotatable bonds is 4. The van der Waals surface area contributed by atoms with Crippen LogP contribution in [0.15, 0.2) is 68.8 Å². The fourth-order valence-electron chi connectivity index (χ4n) is 2.99. The summed E-state index contributed by atoms with van der Waals surface area (Å²) in [5, 5.41) is 0. The molecule has 2 aromatic carbocycles. The zero-order valence-corrected chi connectivity index (χ0v) is 20.7. The molecule has 0 saturated carbocycles. The van der Waals surface area contributed by atoms with Crippen molar-refractivity contribution in [2.24, 2.45) is 4.99 Å². The molecule has 0 bridgehead atoms. The van der Waals surface area contributed by atoms with Gasteiger partial charge in [0.25, 0.3) is 5.91 Å². The predicted octanol–water partition coefficient (Wildman–Crippen LogP) is 5.34. The van der Waals surface area contributed by atoms with Gasteiger partial charge in [-0.2, -0.15) is 0 Å². The molecule has 1 amide bonds. The molecule has 6 nitrogen and oxygen atoms in total. The van der Waals surface area contributed by atoms with Gasteiger partial charge in [-0.25, -0.2) is 4.99 Å². The van der Waals surface area contributed by atoms with Crippen LogP contribution in [-0.4, -0.2) is 51.6 Å². The number of amides is 1. The number of benzene rings is 2. The SMILES string of the molecule is COc1c(Br)cc(C(=O)N2C=CC(c3cccc(N(C)C)c3)=CN=COCC2)cc1Br. The van der Waals surface area contributed by atoms with Gasteiger partial charge in [0.15, 0.2) is 6.40 Å². The van der Waals surface area contributed by atoms with Gasteiger partial charge in [-0.1, -0.05) is 12.1 Å². The van der Waals surface area contributed by atoms with Crippen molar-refractivity contribution in [1.82, 2.24) is 4.90 Å². The van der Waals surface area contributed by atoms with Crippen molar-refractivity contribution in [3.8, 4) is 5.75 Å². The Morgan fingerprint density at radius 1 is 1.19 bits per heavy atom. The zero-order chi connectivity index (χ0) is 22.4. The minimum atomic E-state index is -0.150. The molecule has 2 aromatic rings. The number of methoxy groups -OCH3 is 1. The van der Waals surface area contributed by atoms with Crippen molar-refractivity contribution in [1.29, 1.82) is 0 Å². The van der Waals surface area contributed by atoms with E-state index in [-0.39, 0.29) is 5.91 Å². The molecular formula is C23H23Br2N3O3. The highest BCUT2D eigenvalue weighted by Crippen LogP contribution is 2.34. The molecule has 0 aromatic heterocycles. The number of halogens is 2. The second-order valence-corrected chi connectivity index (χ2v) is 8.65. The first kappa shape index (κ1) is 23.1. The summed E-state index contributed by atoms with van der Waals surface area (Å²) in [7, 11) is 5.57. The smallest absolute Gasteiger partial charge is 0.258 e. The number of ether oxygens (including phenoxy) is 2. The second kappa shape index (κ2) is 10.6. The van der Waals surface area contributed by atoms with Crippen LogP contribution in [0.25, 0.3) is 5.57 Å². The summed E-state index contributed by atoms with van der Waals surface area (Å²) in [6.45, 7) is 0.713. The van der Waals surface area contributed by atoms with Crippen LogP contribution in [0.2, 0.25) is 0 Å². The van der Waals surface area contributed by atoms with E-state index in [2.05, 4.69) is 42.9 Å². The van der Waals surface area contributed by atoms with Gasteiger partial charge >= 0.3 is 0 Å². The Morgan fingerprint density at radius 2 is 1.94 bits per heavy atom. The number of carbonyl (C=O) groups is 1. The van der Waals surface area contributed by atoms with Crippen LogP contribution in [0.5, 0.6) is 5.75 Å². The molecule has 162 valence electrons. The first-order valence-electron chi connectivity index (χ1n) is 9.54. The summed E-state index contributed by atoms with van der Waals surface area (Å²) < 4.78 is 12.2. The Morgan fingerprint density at radius 3 is 2.61 bits per heavy atom. The molecule has 0 atom stereocenters. The number of carbonyl (C=O) groups excluding carboxylic acids is 1. The lowest BCUT2D eigenvalue weighted by Crippen LogP contribution is -2.29. The summed E-state index contributed by atoms with van der Waals surface area (Å²) >= 11 is 6.92. The fourth-order valence-corrected chi connectivity index (χ4v) is 4.50. The van der Waals surface area contributed by atoms with E-state index >= 15 is 0 Å². The van der Waals surface area contributed by atoms with Crippen molar-refractivity contribution < 1.29 is 14.3 Å². The normalized spacial score (nSPS) is 14.0. The largest absolute Gasteiger partial charge is 0.494 e. The molecule has 3 rings (SSSR count). The van der Waals surface area contributed by atoms with Gasteiger partial charge in [-0.3, -0.25) is 4.79 Å². The van der Waals surface area contributed by atoms with Gasteiger partial charge in [0.05, 0.1) is 22.6 Å². The van der Waals surface area contributed by atoms with E-state index in [9.17, 15) is 4.79 Å². The van der Waals surface area contributed by atoms with Gasteiger partial charge in [0.2, 0.25) is 0 Å². The van der Waals surface area contributed by atoms with Crippen LogP contribution in [0.3, 0.4) is 0 Å². The average Bonchev–Trinajstić information content (AvgIpc) is 2.76. The first-order chi connectivity index (χ1) is 14.9. The Kier molecular flexibility index (Phi) is 7.92. The van der Waals surface area contributed by atoms with Gasteiger partial charge in [0, 0.05) is 43.3 Å². The number of aliphatic imine (C=N–C) groups is 1. The van der Waals surface area contributed by atoms with Gasteiger partial charge < -0.3 is 19.3 Å². The molecule has 0 unspecified atom stereocenters. The molecule has 8 heteroatoms. The molecule has 0 N–H and O–H groups in total. The van der Waals surface area contributed by atoms with E-state index in [0.29, 0.717) is 33.4 Å². The van der Waals surface area contributed by atoms with Crippen LogP contribution in [0, 0.1) is 0 Å². The van der Waals surface area contributed by atoms with Crippen LogP contribution in [0.4, 0.5) is 5.69 Å². The molecule has 0 spiro atoms. The highest BCUT2D eigenvalue weighted by atomic mass is 79.9. The van der Waals surface area contributed by atoms with Crippen LogP contribution in [0.1, 0.15) is 15.9 Å². The summed E-state index contributed by atoms with van der Waals surface area (Å²) in [5.41, 5.74) is 3.45. The number of anilines is 1. The summed E-state index contributed by atoms with van der Waals surface area (Å²) in [5.74, 6) is 0.487. The molecule has 1 heterocycles. The highest BCUT2D eigenvalue weighted by Gasteiger charge is 2.18. The molecule has 1 aliphatic heterocycles. The maximum Gasteiger partial charge on any atom is 0.258 e. The van der Waals surface area contributed by atoms with E-state index in [1.807, 2.05) is 43.3 Å². The molecule has 0 saturated heterocycles. The molecule has 31 heavy (non-hydrogen) atoms. The molecule has 0 aliphatic carbocycles. The third kappa shape index (κ3) is 5.77. The number of hydrogen-bond acceptors (Lipinski definition) is 5. The third-order valence-corrected chi connectivity index (χ3v) is 5.82. The van der Waals surface area contributed by atoms with Crippen LogP contribution in [-0.2, 0) is 4.74 Å². The second-order valence-electron chi connectivity index (χ2n) is 6.94. The van der Waals surface area contributed by atoms with E-state index in [1.165, 1.54) is 6.40 Å². The maximum atomic E-state index is 13.2. The summed E-state index contributed by atoms with van der Waals surface area (Å²) in [6.07, 6.45) is 6.79. The number of hydrogen-bond donors (Lipinski definition) is 0. The van der Waals surface area contributed by atoms with Crippen molar-refractivity contribution in [3.63, 3.8) is 0 Å². The maximum absolute atomic E-state index is 13.2. The lowest BCUT2D eigenvalue weighted by atomic mass is 10.1. The molecule has 1 aliphatic rings. The van der Waals surface area contributed by atoms with Crippen molar-refractivity contribution in [2.75, 3.05) is 39.3 Å². The molecule has 0 radical (unpaired) electrons. The van der Waals surface area contributed by atoms with Crippen LogP contribution < -0.4 is 9.64 Å². The Labute approximate surface area is 199 Å². The standard InChI is InChI=1S/C23H23Br2N3O3/c1-27(2)19-6-4-5-16(11-19)17-7-8-28(9-10-31-15-26-14-17)23(29)18-12-20(24)22(30-3)21(25)13-18/h4-8,11-15H,9-10H2,1-3H3. The average molecular weight is 549 g/mol.